The standard InChI is InChI=1S/C64H104N2O16/c1-42-26-27-43(2)54(75-15)31-28-44(3)62(71)48(7)57(82-64(72)53(39-73-13)65(10)11)23-19-18-20-25-60(69)81-56(24-21-22-52(36-42)74-14)47(6)61(70)45(4)29-32-55(49(8)63(80-50(9)68)46(5)34-35-66(12)40-67)79-41-78-38-51-30-33-58(76-16)59(37-51)77-17/h18-22,25,27,30,33-35,37,40,42,44-49,52-57,61-63,70-71H,23-24,26,28-29,31-32,36,38-39,41H2,1-17H3/b19-18+,22-21+,25-20+,35-34+,43-27+/t42-,44-,45+,46-,47-,48-,49+,52+,53+,54+,55-,56+,57-,61+,62-,63-/m1/s1. The third-order valence-electron chi connectivity index (χ3n) is 15.9. The van der Waals surface area contributed by atoms with Crippen molar-refractivity contribution in [2.45, 2.75) is 175 Å². The molecule has 0 fully saturated rings. The van der Waals surface area contributed by atoms with Crippen molar-refractivity contribution in [1.82, 2.24) is 9.80 Å². The summed E-state index contributed by atoms with van der Waals surface area (Å²) in [6, 6.07) is 4.84. The molecular weight excluding hydrogens is 1050 g/mol. The minimum absolute atomic E-state index is 0.0951. The summed E-state index contributed by atoms with van der Waals surface area (Å²) < 4.78 is 58.9. The molecule has 0 saturated carbocycles. The van der Waals surface area contributed by atoms with Crippen molar-refractivity contribution >= 4 is 24.3 Å². The molecule has 1 aliphatic heterocycles. The lowest BCUT2D eigenvalue weighted by Crippen LogP contribution is -2.44. The lowest BCUT2D eigenvalue weighted by Gasteiger charge is -2.35. The molecule has 18 heteroatoms. The van der Waals surface area contributed by atoms with Gasteiger partial charge >= 0.3 is 17.9 Å². The first-order valence-electron chi connectivity index (χ1n) is 29.0. The van der Waals surface area contributed by atoms with Gasteiger partial charge in [0.25, 0.3) is 0 Å². The third-order valence-corrected chi connectivity index (χ3v) is 15.9. The van der Waals surface area contributed by atoms with Gasteiger partial charge in [0, 0.05) is 84.1 Å². The minimum Gasteiger partial charge on any atom is -0.493 e. The number of amides is 1. The van der Waals surface area contributed by atoms with Crippen LogP contribution in [0.4, 0.5) is 0 Å². The van der Waals surface area contributed by atoms with E-state index in [1.807, 2.05) is 65.8 Å². The maximum absolute atomic E-state index is 13.7. The molecule has 1 aromatic carbocycles. The van der Waals surface area contributed by atoms with Gasteiger partial charge in [-0.2, -0.15) is 0 Å². The number of allylic oxidation sites excluding steroid dienone is 3. The third kappa shape index (κ3) is 25.9. The summed E-state index contributed by atoms with van der Waals surface area (Å²) in [4.78, 5) is 54.4. The number of rotatable bonds is 27. The summed E-state index contributed by atoms with van der Waals surface area (Å²) in [5.74, 6) is -2.31. The highest BCUT2D eigenvalue weighted by molar-refractivity contribution is 5.82. The Morgan fingerprint density at radius 2 is 1.61 bits per heavy atom. The van der Waals surface area contributed by atoms with Crippen molar-refractivity contribution in [2.24, 2.45) is 41.4 Å². The Balaban J connectivity index is 2.53. The molecule has 0 aliphatic carbocycles. The summed E-state index contributed by atoms with van der Waals surface area (Å²) in [6.45, 7) is 17.4. The van der Waals surface area contributed by atoms with Crippen molar-refractivity contribution < 1.29 is 76.8 Å². The van der Waals surface area contributed by atoms with E-state index in [-0.39, 0.29) is 68.2 Å². The Hall–Kier alpha value is -4.92. The first-order chi connectivity index (χ1) is 39.0. The Morgan fingerprint density at radius 3 is 2.23 bits per heavy atom. The Bertz CT molecular complexity index is 2160. The maximum atomic E-state index is 13.7. The van der Waals surface area contributed by atoms with Crippen LogP contribution >= 0.6 is 0 Å². The highest BCUT2D eigenvalue weighted by Gasteiger charge is 2.36. The number of esters is 3. The van der Waals surface area contributed by atoms with Gasteiger partial charge in [0.2, 0.25) is 6.41 Å². The molecule has 1 heterocycles. The molecule has 82 heavy (non-hydrogen) atoms. The van der Waals surface area contributed by atoms with Gasteiger partial charge in [-0.25, -0.2) is 4.79 Å². The van der Waals surface area contributed by atoms with Gasteiger partial charge in [0.1, 0.15) is 31.1 Å². The first kappa shape index (κ1) is 73.2. The van der Waals surface area contributed by atoms with E-state index in [4.69, 9.17) is 47.4 Å². The van der Waals surface area contributed by atoms with Crippen LogP contribution < -0.4 is 9.47 Å². The van der Waals surface area contributed by atoms with Crippen molar-refractivity contribution in [3.8, 4) is 11.5 Å². The topological polar surface area (TPSA) is 208 Å². The SMILES string of the molecule is COC[C@@H](C(=O)O[C@@H]1C/C=C/C=C/C(=O)O[C@H]([C@@H](C)[C@@H](O)[C@@H](C)CC[C@@H](OCOCc2ccc(OC)c(OC)c2)[C@H](C)[C@H](OC(C)=O)[C@H](C)/C=C/N(C)C=O)C/C=C/[C@H](OC)C[C@H](C)C/C=C(\C)[C@@H](OC)CC[C@@H](C)[C@@H](O)[C@@H]1C)N(C)C. The number of aliphatic hydroxyl groups is 2. The summed E-state index contributed by atoms with van der Waals surface area (Å²) >= 11 is 0. The number of carbonyl (C=O) groups is 4. The highest BCUT2D eigenvalue weighted by atomic mass is 16.7. The number of aliphatic hydroxyl groups excluding tert-OH is 2. The molecule has 2 rings (SSSR count). The van der Waals surface area contributed by atoms with Crippen LogP contribution in [0.3, 0.4) is 0 Å². The van der Waals surface area contributed by atoms with Crippen LogP contribution in [0.25, 0.3) is 0 Å². The fourth-order valence-corrected chi connectivity index (χ4v) is 10.3. The molecule has 0 bridgehead atoms. The monoisotopic (exact) mass is 1160 g/mol. The quantitative estimate of drug-likeness (QED) is 0.0210. The molecule has 1 amide bonds. The first-order valence-corrected chi connectivity index (χ1v) is 29.0. The fraction of sp³-hybridized carbons (Fsp3) is 0.688. The van der Waals surface area contributed by atoms with E-state index in [1.54, 1.807) is 91.1 Å². The molecule has 1 aliphatic rings. The van der Waals surface area contributed by atoms with Crippen LogP contribution in [0.2, 0.25) is 0 Å². The van der Waals surface area contributed by atoms with Gasteiger partial charge in [-0.15, -0.1) is 0 Å². The molecule has 466 valence electrons. The molecule has 2 N–H and O–H groups in total. The second-order valence-electron chi connectivity index (χ2n) is 22.7. The fourth-order valence-electron chi connectivity index (χ4n) is 10.3. The largest absolute Gasteiger partial charge is 0.493 e. The van der Waals surface area contributed by atoms with E-state index in [9.17, 15) is 29.4 Å². The summed E-state index contributed by atoms with van der Waals surface area (Å²) in [5, 5.41) is 23.9. The molecule has 0 aromatic heterocycles. The smallest absolute Gasteiger partial charge is 0.331 e. The van der Waals surface area contributed by atoms with Crippen molar-refractivity contribution in [2.75, 3.05) is 70.1 Å². The average Bonchev–Trinajstić information content (AvgIpc) is 3.52. The number of carbonyl (C=O) groups excluding carboxylic acids is 4. The Kier molecular flexibility index (Phi) is 35.3. The maximum Gasteiger partial charge on any atom is 0.331 e. The Labute approximate surface area is 491 Å². The van der Waals surface area contributed by atoms with Gasteiger partial charge in [-0.1, -0.05) is 97.1 Å². The number of hydrogen-bond acceptors (Lipinski definition) is 17. The van der Waals surface area contributed by atoms with Crippen LogP contribution in [0.1, 0.15) is 119 Å². The van der Waals surface area contributed by atoms with Crippen molar-refractivity contribution in [1.29, 1.82) is 0 Å². The zero-order valence-electron chi connectivity index (χ0n) is 52.5. The van der Waals surface area contributed by atoms with Crippen LogP contribution in [0, 0.1) is 41.4 Å². The number of hydrogen-bond donors (Lipinski definition) is 2. The molecule has 0 unspecified atom stereocenters. The Morgan fingerprint density at radius 1 is 0.902 bits per heavy atom. The van der Waals surface area contributed by atoms with Crippen LogP contribution in [-0.4, -0.2) is 169 Å². The van der Waals surface area contributed by atoms with Crippen molar-refractivity contribution in [3.63, 3.8) is 0 Å². The molecule has 18 nitrogen and oxygen atoms in total. The average molecular weight is 1160 g/mol. The number of likely N-dealkylation sites (N-methyl/N-ethyl adjacent to an activating group) is 1. The minimum atomic E-state index is -0.941. The number of methoxy groups -OCH3 is 5. The van der Waals surface area contributed by atoms with E-state index in [2.05, 4.69) is 19.9 Å². The highest BCUT2D eigenvalue weighted by Crippen LogP contribution is 2.33. The van der Waals surface area contributed by atoms with Crippen LogP contribution in [0.5, 0.6) is 11.5 Å². The lowest BCUT2D eigenvalue weighted by molar-refractivity contribution is -0.163. The van der Waals surface area contributed by atoms with E-state index < -0.39 is 72.4 Å². The second kappa shape index (κ2) is 39.6. The predicted molar refractivity (Wildman–Crippen MR) is 318 cm³/mol. The van der Waals surface area contributed by atoms with Crippen LogP contribution in [0.15, 0.2) is 78.6 Å². The number of benzene rings is 1. The zero-order chi connectivity index (χ0) is 61.5. The van der Waals surface area contributed by atoms with Gasteiger partial charge in [-0.05, 0) is 101 Å². The summed E-state index contributed by atoms with van der Waals surface area (Å²) in [5.41, 5.74) is 1.94. The lowest BCUT2D eigenvalue weighted by atomic mass is 9.82. The van der Waals surface area contributed by atoms with Gasteiger partial charge in [0.15, 0.2) is 11.5 Å². The van der Waals surface area contributed by atoms with Crippen molar-refractivity contribution in [3.05, 3.63) is 84.1 Å². The molecule has 0 radical (unpaired) electrons. The van der Waals surface area contributed by atoms with Crippen LogP contribution in [-0.2, 0) is 63.7 Å². The van der Waals surface area contributed by atoms with E-state index >= 15 is 0 Å². The van der Waals surface area contributed by atoms with E-state index in [0.717, 1.165) is 24.0 Å². The number of ether oxygens (including phenoxy) is 10. The van der Waals surface area contributed by atoms with Gasteiger partial charge in [-0.3, -0.25) is 19.3 Å². The molecule has 1 aromatic rings. The summed E-state index contributed by atoms with van der Waals surface area (Å²) in [6.07, 6.45) is 16.2. The molecule has 0 spiro atoms. The molecule has 16 atom stereocenters. The molecule has 0 saturated heterocycles. The van der Waals surface area contributed by atoms with Gasteiger partial charge < -0.3 is 62.5 Å². The van der Waals surface area contributed by atoms with E-state index in [1.165, 1.54) is 25.0 Å². The van der Waals surface area contributed by atoms with E-state index in [0.29, 0.717) is 50.0 Å². The number of nitrogens with zero attached hydrogens (tertiary/aromatic N) is 2. The predicted octanol–water partition coefficient (Wildman–Crippen LogP) is 9.45. The normalized spacial score (nSPS) is 26.9. The molecular formula is C64H104N2O16. The summed E-state index contributed by atoms with van der Waals surface area (Å²) in [7, 11) is 13.2. The number of cyclic esters (lactones) is 1. The second-order valence-corrected chi connectivity index (χ2v) is 22.7. The zero-order valence-corrected chi connectivity index (χ0v) is 52.5. The van der Waals surface area contributed by atoms with Gasteiger partial charge in [0.05, 0.1) is 58.0 Å².